The SMILES string of the molecule is CNC(CSSCC1=C(c2cccnc2)C(C)(C)N([O])C1(C)C)C(C)=O. The number of likely N-dealkylation sites (N-methyl/N-ethyl adjacent to an activating group) is 1. The fourth-order valence-electron chi connectivity index (χ4n) is 3.51. The van der Waals surface area contributed by atoms with Crippen molar-refractivity contribution in [2.24, 2.45) is 0 Å². The summed E-state index contributed by atoms with van der Waals surface area (Å²) in [6.45, 7) is 9.52. The van der Waals surface area contributed by atoms with E-state index in [1.54, 1.807) is 41.8 Å². The molecular weight excluding hydrogens is 366 g/mol. The van der Waals surface area contributed by atoms with Crippen molar-refractivity contribution in [2.45, 2.75) is 51.7 Å². The van der Waals surface area contributed by atoms with Crippen molar-refractivity contribution >= 4 is 32.9 Å². The normalized spacial score (nSPS) is 20.4. The number of ketones is 1. The molecule has 1 aromatic heterocycles. The average molecular weight is 395 g/mol. The van der Waals surface area contributed by atoms with Gasteiger partial charge in [-0.25, -0.2) is 0 Å². The minimum atomic E-state index is -0.611. The van der Waals surface area contributed by atoms with Gasteiger partial charge in [-0.1, -0.05) is 27.7 Å². The Morgan fingerprint density at radius 3 is 2.50 bits per heavy atom. The summed E-state index contributed by atoms with van der Waals surface area (Å²) in [5.74, 6) is 1.58. The molecule has 0 bridgehead atoms. The molecule has 1 radical (unpaired) electrons. The standard InChI is InChI=1S/C19H28N3O2S2/c1-13(23)16(20-6)12-26-25-11-15-17(14-8-7-9-21-10-14)19(4,5)22(24)18(15,2)3/h7-10,16,20H,11-12H2,1-6H3. The van der Waals surface area contributed by atoms with E-state index in [0.717, 1.165) is 22.5 Å². The summed E-state index contributed by atoms with van der Waals surface area (Å²) in [6, 6.07) is 3.79. The Hall–Kier alpha value is -0.860. The van der Waals surface area contributed by atoms with Gasteiger partial charge in [0.2, 0.25) is 0 Å². The van der Waals surface area contributed by atoms with Gasteiger partial charge in [0.05, 0.1) is 17.1 Å². The summed E-state index contributed by atoms with van der Waals surface area (Å²) in [6.07, 6.45) is 3.58. The van der Waals surface area contributed by atoms with Gasteiger partial charge in [0.15, 0.2) is 0 Å². The van der Waals surface area contributed by atoms with E-state index in [-0.39, 0.29) is 11.8 Å². The predicted octanol–water partition coefficient (Wildman–Crippen LogP) is 3.61. The molecule has 0 aliphatic carbocycles. The van der Waals surface area contributed by atoms with Crippen molar-refractivity contribution in [3.05, 3.63) is 35.7 Å². The Morgan fingerprint density at radius 2 is 1.96 bits per heavy atom. The highest BCUT2D eigenvalue weighted by atomic mass is 33.1. The molecule has 7 heteroatoms. The van der Waals surface area contributed by atoms with Crippen LogP contribution in [0.15, 0.2) is 30.1 Å². The molecule has 0 saturated heterocycles. The molecule has 5 nitrogen and oxygen atoms in total. The Bertz CT molecular complexity index is 675. The first kappa shape index (κ1) is 21.4. The molecule has 1 atom stereocenters. The smallest absolute Gasteiger partial charge is 0.147 e. The van der Waals surface area contributed by atoms with Crippen LogP contribution in [0.2, 0.25) is 0 Å². The fraction of sp³-hybridized carbons (Fsp3) is 0.579. The van der Waals surface area contributed by atoms with E-state index in [1.165, 1.54) is 5.06 Å². The first-order valence-electron chi connectivity index (χ1n) is 8.68. The number of aromatic nitrogens is 1. The molecule has 1 unspecified atom stereocenters. The molecule has 0 amide bonds. The van der Waals surface area contributed by atoms with Crippen molar-refractivity contribution in [3.63, 3.8) is 0 Å². The lowest BCUT2D eigenvalue weighted by molar-refractivity contribution is -0.236. The van der Waals surface area contributed by atoms with Gasteiger partial charge < -0.3 is 5.32 Å². The van der Waals surface area contributed by atoms with Gasteiger partial charge in [-0.15, -0.1) is 10.3 Å². The zero-order valence-electron chi connectivity index (χ0n) is 16.3. The first-order chi connectivity index (χ1) is 12.1. The fourth-order valence-corrected chi connectivity index (χ4v) is 6.14. The highest BCUT2D eigenvalue weighted by molar-refractivity contribution is 8.76. The second-order valence-corrected chi connectivity index (χ2v) is 10.0. The van der Waals surface area contributed by atoms with E-state index < -0.39 is 11.1 Å². The van der Waals surface area contributed by atoms with Gasteiger partial charge >= 0.3 is 0 Å². The highest BCUT2D eigenvalue weighted by Gasteiger charge is 2.51. The molecule has 0 saturated carbocycles. The van der Waals surface area contributed by atoms with Crippen LogP contribution >= 0.6 is 21.6 Å². The number of pyridine rings is 1. The lowest BCUT2D eigenvalue weighted by Crippen LogP contribution is -2.47. The van der Waals surface area contributed by atoms with Gasteiger partial charge in [-0.05, 0) is 64.4 Å². The largest absolute Gasteiger partial charge is 0.310 e. The molecule has 1 aliphatic heterocycles. The summed E-state index contributed by atoms with van der Waals surface area (Å²) >= 11 is 0. The van der Waals surface area contributed by atoms with Gasteiger partial charge in [-0.3, -0.25) is 9.78 Å². The molecule has 2 heterocycles. The maximum Gasteiger partial charge on any atom is 0.147 e. The number of Topliss-reactive ketones (excluding diaryl/α,β-unsaturated/α-hetero) is 1. The zero-order chi connectivity index (χ0) is 19.5. The van der Waals surface area contributed by atoms with Crippen molar-refractivity contribution in [3.8, 4) is 0 Å². The van der Waals surface area contributed by atoms with Crippen LogP contribution in [0.1, 0.15) is 40.2 Å². The van der Waals surface area contributed by atoms with Crippen LogP contribution in [0.4, 0.5) is 0 Å². The van der Waals surface area contributed by atoms with Crippen LogP contribution in [0, 0.1) is 0 Å². The summed E-state index contributed by atoms with van der Waals surface area (Å²) in [5.41, 5.74) is 2.01. The second-order valence-electron chi connectivity index (χ2n) is 7.51. The third kappa shape index (κ3) is 4.17. The van der Waals surface area contributed by atoms with Crippen molar-refractivity contribution < 1.29 is 10.0 Å². The maximum atomic E-state index is 13.0. The Labute approximate surface area is 164 Å². The number of nitrogens with zero attached hydrogens (tertiary/aromatic N) is 2. The van der Waals surface area contributed by atoms with E-state index in [9.17, 15) is 10.0 Å². The van der Waals surface area contributed by atoms with Crippen molar-refractivity contribution in [1.29, 1.82) is 0 Å². The number of rotatable bonds is 8. The second kappa shape index (κ2) is 8.44. The summed E-state index contributed by atoms with van der Waals surface area (Å²) < 4.78 is 0. The number of carbonyl (C=O) groups excluding carboxylic acids is 1. The van der Waals surface area contributed by atoms with E-state index in [2.05, 4.69) is 10.3 Å². The molecule has 2 rings (SSSR count). The number of hydroxylamine groups is 2. The van der Waals surface area contributed by atoms with Crippen LogP contribution in [0.3, 0.4) is 0 Å². The van der Waals surface area contributed by atoms with Gasteiger partial charge in [0, 0.05) is 23.9 Å². The third-order valence-electron chi connectivity index (χ3n) is 4.98. The van der Waals surface area contributed by atoms with Gasteiger partial charge in [0.1, 0.15) is 5.78 Å². The molecule has 0 spiro atoms. The van der Waals surface area contributed by atoms with E-state index >= 15 is 0 Å². The van der Waals surface area contributed by atoms with Crippen LogP contribution in [0.5, 0.6) is 0 Å². The molecule has 143 valence electrons. The monoisotopic (exact) mass is 394 g/mol. The highest BCUT2D eigenvalue weighted by Crippen LogP contribution is 2.50. The lowest BCUT2D eigenvalue weighted by atomic mass is 9.87. The number of hydrogen-bond acceptors (Lipinski definition) is 6. The third-order valence-corrected chi connectivity index (χ3v) is 7.28. The molecule has 0 fully saturated rings. The molecule has 1 N–H and O–H groups in total. The number of nitrogens with one attached hydrogen (secondary N) is 1. The topological polar surface area (TPSA) is 65.1 Å². The van der Waals surface area contributed by atoms with Gasteiger partial charge in [-0.2, -0.15) is 0 Å². The van der Waals surface area contributed by atoms with Crippen LogP contribution in [-0.4, -0.2) is 51.5 Å². The minimum absolute atomic E-state index is 0.136. The summed E-state index contributed by atoms with van der Waals surface area (Å²) in [4.78, 5) is 15.8. The molecule has 26 heavy (non-hydrogen) atoms. The van der Waals surface area contributed by atoms with Crippen molar-refractivity contribution in [2.75, 3.05) is 18.6 Å². The number of hydrogen-bond donors (Lipinski definition) is 1. The van der Waals surface area contributed by atoms with Crippen LogP contribution in [0.25, 0.3) is 5.57 Å². The quantitative estimate of drug-likeness (QED) is 0.537. The first-order valence-corrected chi connectivity index (χ1v) is 11.2. The van der Waals surface area contributed by atoms with E-state index in [4.69, 9.17) is 0 Å². The van der Waals surface area contributed by atoms with E-state index in [1.807, 2.05) is 46.0 Å². The minimum Gasteiger partial charge on any atom is -0.310 e. The lowest BCUT2D eigenvalue weighted by Gasteiger charge is -2.34. The molecule has 1 aromatic rings. The molecule has 1 aliphatic rings. The Morgan fingerprint density at radius 1 is 1.27 bits per heavy atom. The maximum absolute atomic E-state index is 13.0. The Balaban J connectivity index is 2.24. The molecule has 0 aromatic carbocycles. The molecular formula is C19H28N3O2S2. The van der Waals surface area contributed by atoms with Crippen LogP contribution in [-0.2, 0) is 10.0 Å². The van der Waals surface area contributed by atoms with Gasteiger partial charge in [0.25, 0.3) is 0 Å². The summed E-state index contributed by atoms with van der Waals surface area (Å²) in [7, 11) is 5.16. The summed E-state index contributed by atoms with van der Waals surface area (Å²) in [5, 5.41) is 17.2. The van der Waals surface area contributed by atoms with Crippen LogP contribution < -0.4 is 5.32 Å². The Kier molecular flexibility index (Phi) is 6.96. The average Bonchev–Trinajstić information content (AvgIpc) is 2.72. The van der Waals surface area contributed by atoms with Crippen molar-refractivity contribution in [1.82, 2.24) is 15.4 Å². The zero-order valence-corrected chi connectivity index (χ0v) is 18.0. The van der Waals surface area contributed by atoms with E-state index in [0.29, 0.717) is 5.75 Å². The number of carbonyl (C=O) groups is 1. The predicted molar refractivity (Wildman–Crippen MR) is 110 cm³/mol.